The smallest absolute Gasteiger partial charge is 0.387 e. The lowest BCUT2D eigenvalue weighted by Gasteiger charge is -2.14. The molecule has 10 heteroatoms. The van der Waals surface area contributed by atoms with Gasteiger partial charge in [0.05, 0.1) is 0 Å². The van der Waals surface area contributed by atoms with Crippen LogP contribution in [0.15, 0.2) is 66.0 Å². The molecule has 2 aromatic heterocycles. The topological polar surface area (TPSA) is 76.4 Å². The highest BCUT2D eigenvalue weighted by atomic mass is 127. The predicted octanol–water partition coefficient (Wildman–Crippen LogP) is 3.35. The maximum atomic E-state index is 12.5. The van der Waals surface area contributed by atoms with E-state index in [-0.39, 0.29) is 36.3 Å². The van der Waals surface area contributed by atoms with Crippen molar-refractivity contribution >= 4 is 29.9 Å². The van der Waals surface area contributed by atoms with Gasteiger partial charge < -0.3 is 15.4 Å². The Kier molecular flexibility index (Phi) is 8.77. The molecule has 7 nitrogen and oxygen atoms in total. The first-order valence-electron chi connectivity index (χ1n) is 8.58. The molecule has 0 saturated carbocycles. The molecule has 0 aliphatic carbocycles. The molecule has 0 unspecified atom stereocenters. The average Bonchev–Trinajstić information content (AvgIpc) is 3.24. The molecule has 0 aliphatic rings. The van der Waals surface area contributed by atoms with Gasteiger partial charge in [-0.2, -0.15) is 13.9 Å². The van der Waals surface area contributed by atoms with E-state index < -0.39 is 6.61 Å². The van der Waals surface area contributed by atoms with E-state index in [4.69, 9.17) is 0 Å². The molecule has 0 bridgehead atoms. The molecule has 0 fully saturated rings. The largest absolute Gasteiger partial charge is 0.434 e. The summed E-state index contributed by atoms with van der Waals surface area (Å²) in [7, 11) is 1.64. The number of alkyl halides is 2. The summed E-state index contributed by atoms with van der Waals surface area (Å²) in [5.74, 6) is 1.38. The van der Waals surface area contributed by atoms with Crippen molar-refractivity contribution < 1.29 is 13.5 Å². The van der Waals surface area contributed by atoms with Crippen molar-refractivity contribution in [1.82, 2.24) is 25.4 Å². The average molecular weight is 514 g/mol. The van der Waals surface area contributed by atoms with Gasteiger partial charge >= 0.3 is 6.61 Å². The standard InChI is InChI=1S/C19H20F2N6O.HI/c1-22-19(25-13-15-5-2-3-6-16(15)28-18(20)21)24-12-14-7-9-23-17(11-14)27-10-4-8-26-27;/h2-11,18H,12-13H2,1H3,(H2,22,24,25);1H. The van der Waals surface area contributed by atoms with Crippen LogP contribution in [-0.4, -0.2) is 34.4 Å². The van der Waals surface area contributed by atoms with Crippen LogP contribution in [0.4, 0.5) is 8.78 Å². The number of hydrogen-bond donors (Lipinski definition) is 2. The summed E-state index contributed by atoms with van der Waals surface area (Å²) in [6, 6.07) is 12.3. The van der Waals surface area contributed by atoms with Crippen LogP contribution in [0.2, 0.25) is 0 Å². The van der Waals surface area contributed by atoms with Gasteiger partial charge in [-0.25, -0.2) is 9.67 Å². The van der Waals surface area contributed by atoms with Crippen LogP contribution in [0.5, 0.6) is 5.75 Å². The summed E-state index contributed by atoms with van der Waals surface area (Å²) < 4.78 is 31.3. The molecule has 0 atom stereocenters. The Morgan fingerprint density at radius 2 is 1.93 bits per heavy atom. The lowest BCUT2D eigenvalue weighted by atomic mass is 10.2. The number of aliphatic imine (C=N–C) groups is 1. The van der Waals surface area contributed by atoms with Crippen molar-refractivity contribution in [1.29, 1.82) is 0 Å². The minimum atomic E-state index is -2.87. The molecule has 2 N–H and O–H groups in total. The molecule has 0 saturated heterocycles. The highest BCUT2D eigenvalue weighted by Crippen LogP contribution is 2.19. The summed E-state index contributed by atoms with van der Waals surface area (Å²) in [5, 5.41) is 10.4. The van der Waals surface area contributed by atoms with E-state index in [0.717, 1.165) is 5.56 Å². The Morgan fingerprint density at radius 1 is 1.14 bits per heavy atom. The van der Waals surface area contributed by atoms with E-state index >= 15 is 0 Å². The monoisotopic (exact) mass is 514 g/mol. The molecule has 1 aromatic carbocycles. The fourth-order valence-electron chi connectivity index (χ4n) is 2.55. The predicted molar refractivity (Wildman–Crippen MR) is 117 cm³/mol. The van der Waals surface area contributed by atoms with Crippen molar-refractivity contribution in [2.75, 3.05) is 7.05 Å². The Bertz CT molecular complexity index is 921. The molecule has 0 aliphatic heterocycles. The van der Waals surface area contributed by atoms with Gasteiger partial charge in [0.25, 0.3) is 0 Å². The lowest BCUT2D eigenvalue weighted by molar-refractivity contribution is -0.0504. The van der Waals surface area contributed by atoms with Crippen LogP contribution < -0.4 is 15.4 Å². The van der Waals surface area contributed by atoms with Crippen molar-refractivity contribution in [3.8, 4) is 11.6 Å². The van der Waals surface area contributed by atoms with Crippen LogP contribution in [0.1, 0.15) is 11.1 Å². The number of guanidine groups is 1. The van der Waals surface area contributed by atoms with E-state index in [1.165, 1.54) is 6.07 Å². The minimum Gasteiger partial charge on any atom is -0.434 e. The van der Waals surface area contributed by atoms with Crippen LogP contribution in [0.3, 0.4) is 0 Å². The molecule has 0 amide bonds. The van der Waals surface area contributed by atoms with Gasteiger partial charge in [0.2, 0.25) is 0 Å². The number of benzene rings is 1. The number of ether oxygens (including phenoxy) is 1. The van der Waals surface area contributed by atoms with E-state index in [9.17, 15) is 8.78 Å². The highest BCUT2D eigenvalue weighted by Gasteiger charge is 2.09. The fourth-order valence-corrected chi connectivity index (χ4v) is 2.55. The molecule has 3 rings (SSSR count). The van der Waals surface area contributed by atoms with Gasteiger partial charge in [-0.3, -0.25) is 4.99 Å². The van der Waals surface area contributed by atoms with Crippen molar-refractivity contribution in [3.63, 3.8) is 0 Å². The number of hydrogen-bond acceptors (Lipinski definition) is 4. The first kappa shape index (κ1) is 22.5. The maximum Gasteiger partial charge on any atom is 0.387 e. The van der Waals surface area contributed by atoms with Gasteiger partial charge in [-0.05, 0) is 29.8 Å². The Labute approximate surface area is 184 Å². The highest BCUT2D eigenvalue weighted by molar-refractivity contribution is 14.0. The maximum absolute atomic E-state index is 12.5. The van der Waals surface area contributed by atoms with Gasteiger partial charge in [0.1, 0.15) is 5.75 Å². The second kappa shape index (κ2) is 11.3. The summed E-state index contributed by atoms with van der Waals surface area (Å²) in [4.78, 5) is 8.44. The molecule has 3 aromatic rings. The number of aromatic nitrogens is 3. The van der Waals surface area contributed by atoms with Crippen LogP contribution >= 0.6 is 24.0 Å². The van der Waals surface area contributed by atoms with Gasteiger partial charge in [0.15, 0.2) is 11.8 Å². The molecule has 2 heterocycles. The zero-order valence-corrected chi connectivity index (χ0v) is 18.0. The summed E-state index contributed by atoms with van der Waals surface area (Å²) in [5.41, 5.74) is 1.60. The molecular weight excluding hydrogens is 493 g/mol. The zero-order chi connectivity index (χ0) is 19.8. The first-order valence-corrected chi connectivity index (χ1v) is 8.58. The SMILES string of the molecule is CN=C(NCc1ccnc(-n2cccn2)c1)NCc1ccccc1OC(F)F.I. The number of halogens is 3. The van der Waals surface area contributed by atoms with Gasteiger partial charge in [-0.1, -0.05) is 18.2 Å². The summed E-state index contributed by atoms with van der Waals surface area (Å²) >= 11 is 0. The molecular formula is C19H21F2IN6O. The van der Waals surface area contributed by atoms with E-state index in [1.807, 2.05) is 24.4 Å². The quantitative estimate of drug-likeness (QED) is 0.288. The van der Waals surface area contributed by atoms with Crippen LogP contribution in [0, 0.1) is 0 Å². The summed E-state index contributed by atoms with van der Waals surface area (Å²) in [6.45, 7) is -2.07. The minimum absolute atomic E-state index is 0. The van der Waals surface area contributed by atoms with Crippen LogP contribution in [0.25, 0.3) is 5.82 Å². The van der Waals surface area contributed by atoms with E-state index in [1.54, 1.807) is 42.3 Å². The number of para-hydroxylation sites is 1. The number of rotatable bonds is 7. The molecule has 154 valence electrons. The lowest BCUT2D eigenvalue weighted by Crippen LogP contribution is -2.36. The third-order valence-electron chi connectivity index (χ3n) is 3.87. The molecule has 29 heavy (non-hydrogen) atoms. The Hall–Kier alpha value is -2.76. The number of pyridine rings is 1. The first-order chi connectivity index (χ1) is 13.7. The van der Waals surface area contributed by atoms with Crippen LogP contribution in [-0.2, 0) is 13.1 Å². The third kappa shape index (κ3) is 6.66. The van der Waals surface area contributed by atoms with Crippen molar-refractivity contribution in [3.05, 3.63) is 72.2 Å². The van der Waals surface area contributed by atoms with Gasteiger partial charge in [0, 0.05) is 44.3 Å². The number of nitrogens with one attached hydrogen (secondary N) is 2. The normalized spacial score (nSPS) is 11.1. The van der Waals surface area contributed by atoms with Crippen molar-refractivity contribution in [2.24, 2.45) is 4.99 Å². The second-order valence-corrected chi connectivity index (χ2v) is 5.74. The second-order valence-electron chi connectivity index (χ2n) is 5.74. The summed E-state index contributed by atoms with van der Waals surface area (Å²) in [6.07, 6.45) is 5.22. The third-order valence-corrected chi connectivity index (χ3v) is 3.87. The van der Waals surface area contributed by atoms with Gasteiger partial charge in [-0.15, -0.1) is 24.0 Å². The van der Waals surface area contributed by atoms with E-state index in [0.29, 0.717) is 23.9 Å². The van der Waals surface area contributed by atoms with Crippen molar-refractivity contribution in [2.45, 2.75) is 19.7 Å². The molecule has 0 spiro atoms. The Balaban J connectivity index is 0.00000300. The zero-order valence-electron chi connectivity index (χ0n) is 15.6. The Morgan fingerprint density at radius 3 is 2.66 bits per heavy atom. The van der Waals surface area contributed by atoms with E-state index in [2.05, 4.69) is 30.4 Å². The fraction of sp³-hybridized carbons (Fsp3) is 0.211. The number of nitrogens with zero attached hydrogens (tertiary/aromatic N) is 4. The molecule has 0 radical (unpaired) electrons.